The number of nitrogens with one attached hydrogen (secondary N) is 1. The highest BCUT2D eigenvalue weighted by molar-refractivity contribution is 5.42. The van der Waals surface area contributed by atoms with Gasteiger partial charge < -0.3 is 10.4 Å². The Morgan fingerprint density at radius 2 is 2.00 bits per heavy atom. The lowest BCUT2D eigenvalue weighted by molar-refractivity contribution is 0.0738. The van der Waals surface area contributed by atoms with E-state index in [0.717, 1.165) is 0 Å². The van der Waals surface area contributed by atoms with Crippen molar-refractivity contribution in [2.75, 3.05) is 12.4 Å². The van der Waals surface area contributed by atoms with E-state index >= 15 is 0 Å². The van der Waals surface area contributed by atoms with E-state index in [1.165, 1.54) is 4.57 Å². The molecule has 0 atom stereocenters. The van der Waals surface area contributed by atoms with Gasteiger partial charge in [0.2, 0.25) is 0 Å². The van der Waals surface area contributed by atoms with E-state index in [4.69, 9.17) is 0 Å². The van der Waals surface area contributed by atoms with E-state index in [0.29, 0.717) is 17.2 Å². The van der Waals surface area contributed by atoms with E-state index < -0.39 is 5.60 Å². The number of aliphatic hydroxyl groups is 1. The van der Waals surface area contributed by atoms with Crippen molar-refractivity contribution in [3.8, 4) is 5.82 Å². The molecule has 0 aliphatic carbocycles. The molecule has 100 valence electrons. The fourth-order valence-electron chi connectivity index (χ4n) is 1.76. The molecular formula is C14H17N3O2. The van der Waals surface area contributed by atoms with Crippen LogP contribution in [0.5, 0.6) is 0 Å². The van der Waals surface area contributed by atoms with Crippen molar-refractivity contribution >= 4 is 5.69 Å². The van der Waals surface area contributed by atoms with Crippen LogP contribution in [0.2, 0.25) is 0 Å². The van der Waals surface area contributed by atoms with Gasteiger partial charge in [-0.2, -0.15) is 0 Å². The first kappa shape index (κ1) is 13.3. The molecule has 5 heteroatoms. The summed E-state index contributed by atoms with van der Waals surface area (Å²) in [6.07, 6.45) is 1.65. The van der Waals surface area contributed by atoms with Crippen molar-refractivity contribution in [1.82, 2.24) is 9.55 Å². The Balaban J connectivity index is 2.57. The average Bonchev–Trinajstić information content (AvgIpc) is 2.38. The van der Waals surface area contributed by atoms with Gasteiger partial charge >= 0.3 is 0 Å². The van der Waals surface area contributed by atoms with Gasteiger partial charge in [0.1, 0.15) is 17.1 Å². The highest BCUT2D eigenvalue weighted by Gasteiger charge is 2.18. The molecule has 2 aromatic rings. The zero-order valence-corrected chi connectivity index (χ0v) is 11.2. The molecule has 0 aliphatic rings. The third kappa shape index (κ3) is 2.66. The number of hydrogen-bond donors (Lipinski definition) is 2. The maximum atomic E-state index is 12.2. The van der Waals surface area contributed by atoms with Crippen molar-refractivity contribution in [1.29, 1.82) is 0 Å². The first-order chi connectivity index (χ1) is 8.93. The molecule has 5 nitrogen and oxygen atoms in total. The van der Waals surface area contributed by atoms with Crippen molar-refractivity contribution in [3.63, 3.8) is 0 Å². The van der Waals surface area contributed by atoms with Gasteiger partial charge in [-0.25, -0.2) is 4.98 Å². The molecule has 0 saturated carbocycles. The monoisotopic (exact) mass is 259 g/mol. The van der Waals surface area contributed by atoms with Crippen molar-refractivity contribution < 1.29 is 5.11 Å². The second kappa shape index (κ2) is 4.85. The summed E-state index contributed by atoms with van der Waals surface area (Å²) in [6.45, 7) is 3.32. The van der Waals surface area contributed by atoms with E-state index in [1.54, 1.807) is 57.4 Å². The lowest BCUT2D eigenvalue weighted by Gasteiger charge is -2.17. The van der Waals surface area contributed by atoms with Crippen LogP contribution in [0.1, 0.15) is 19.5 Å². The lowest BCUT2D eigenvalue weighted by atomic mass is 10.1. The van der Waals surface area contributed by atoms with Crippen molar-refractivity contribution in [2.24, 2.45) is 0 Å². The number of nitrogens with zero attached hydrogens (tertiary/aromatic N) is 2. The SMILES string of the molecule is CNc1cccn(-c2cccc(C(C)(C)O)n2)c1=O. The summed E-state index contributed by atoms with van der Waals surface area (Å²) < 4.78 is 1.45. The van der Waals surface area contributed by atoms with Gasteiger partial charge in [0.05, 0.1) is 5.69 Å². The van der Waals surface area contributed by atoms with Gasteiger partial charge in [-0.3, -0.25) is 9.36 Å². The minimum Gasteiger partial charge on any atom is -0.384 e. The molecular weight excluding hydrogens is 242 g/mol. The summed E-state index contributed by atoms with van der Waals surface area (Å²) in [5.74, 6) is 0.488. The predicted molar refractivity (Wildman–Crippen MR) is 74.6 cm³/mol. The molecule has 2 aromatic heterocycles. The Morgan fingerprint density at radius 3 is 2.63 bits per heavy atom. The molecule has 0 bridgehead atoms. The molecule has 0 aromatic carbocycles. The summed E-state index contributed by atoms with van der Waals surface area (Å²) >= 11 is 0. The summed E-state index contributed by atoms with van der Waals surface area (Å²) in [4.78, 5) is 16.5. The Morgan fingerprint density at radius 1 is 1.26 bits per heavy atom. The molecule has 2 rings (SSSR count). The van der Waals surface area contributed by atoms with Crippen LogP contribution in [0.3, 0.4) is 0 Å². The van der Waals surface area contributed by atoms with Crippen LogP contribution in [0, 0.1) is 0 Å². The number of pyridine rings is 2. The Labute approximate surface area is 111 Å². The number of rotatable bonds is 3. The van der Waals surface area contributed by atoms with Gasteiger partial charge in [-0.1, -0.05) is 6.07 Å². The molecule has 0 radical (unpaired) electrons. The number of anilines is 1. The van der Waals surface area contributed by atoms with Crippen molar-refractivity contribution in [3.05, 3.63) is 52.6 Å². The molecule has 0 unspecified atom stereocenters. The van der Waals surface area contributed by atoms with E-state index in [9.17, 15) is 9.90 Å². The van der Waals surface area contributed by atoms with E-state index in [-0.39, 0.29) is 5.56 Å². The molecule has 0 amide bonds. The van der Waals surface area contributed by atoms with Gasteiger partial charge in [0, 0.05) is 13.2 Å². The zero-order chi connectivity index (χ0) is 14.0. The maximum Gasteiger partial charge on any atom is 0.279 e. The molecule has 0 aliphatic heterocycles. The van der Waals surface area contributed by atoms with E-state index in [2.05, 4.69) is 10.3 Å². The molecule has 2 N–H and O–H groups in total. The fourth-order valence-corrected chi connectivity index (χ4v) is 1.76. The van der Waals surface area contributed by atoms with Gasteiger partial charge in [-0.15, -0.1) is 0 Å². The van der Waals surface area contributed by atoms with Crippen LogP contribution in [-0.2, 0) is 5.60 Å². The summed E-state index contributed by atoms with van der Waals surface area (Å²) in [7, 11) is 1.70. The lowest BCUT2D eigenvalue weighted by Crippen LogP contribution is -2.23. The standard InChI is InChI=1S/C14H17N3O2/c1-14(2,19)11-7-4-8-12(16-11)17-9-5-6-10(15-3)13(17)18/h4-9,15,19H,1-3H3. The van der Waals surface area contributed by atoms with Crippen LogP contribution >= 0.6 is 0 Å². The molecule has 0 spiro atoms. The van der Waals surface area contributed by atoms with Crippen molar-refractivity contribution in [2.45, 2.75) is 19.4 Å². The van der Waals surface area contributed by atoms with Crippen LogP contribution < -0.4 is 10.9 Å². The Bertz CT molecular complexity index is 642. The number of hydrogen-bond acceptors (Lipinski definition) is 4. The minimum atomic E-state index is -1.04. The Hall–Kier alpha value is -2.14. The highest BCUT2D eigenvalue weighted by atomic mass is 16.3. The second-order valence-corrected chi connectivity index (χ2v) is 4.79. The van der Waals surface area contributed by atoms with E-state index in [1.807, 2.05) is 0 Å². The third-order valence-corrected chi connectivity index (χ3v) is 2.82. The quantitative estimate of drug-likeness (QED) is 0.876. The number of aromatic nitrogens is 2. The highest BCUT2D eigenvalue weighted by Crippen LogP contribution is 2.18. The van der Waals surface area contributed by atoms with Crippen LogP contribution in [0.25, 0.3) is 5.82 Å². The fraction of sp³-hybridized carbons (Fsp3) is 0.286. The van der Waals surface area contributed by atoms with Gasteiger partial charge in [0.25, 0.3) is 5.56 Å². The predicted octanol–water partition coefficient (Wildman–Crippen LogP) is 1.50. The zero-order valence-electron chi connectivity index (χ0n) is 11.2. The smallest absolute Gasteiger partial charge is 0.279 e. The Kier molecular flexibility index (Phi) is 3.40. The minimum absolute atomic E-state index is 0.176. The second-order valence-electron chi connectivity index (χ2n) is 4.79. The van der Waals surface area contributed by atoms with Gasteiger partial charge in [0.15, 0.2) is 0 Å². The van der Waals surface area contributed by atoms with Crippen LogP contribution in [0.4, 0.5) is 5.69 Å². The van der Waals surface area contributed by atoms with Crippen LogP contribution in [0.15, 0.2) is 41.3 Å². The molecule has 0 saturated heterocycles. The average molecular weight is 259 g/mol. The summed E-state index contributed by atoms with van der Waals surface area (Å²) in [5.41, 5.74) is -0.199. The third-order valence-electron chi connectivity index (χ3n) is 2.82. The summed E-state index contributed by atoms with van der Waals surface area (Å²) in [5, 5.41) is 12.8. The van der Waals surface area contributed by atoms with Gasteiger partial charge in [-0.05, 0) is 38.1 Å². The van der Waals surface area contributed by atoms with Crippen LogP contribution in [-0.4, -0.2) is 21.7 Å². The first-order valence-electron chi connectivity index (χ1n) is 6.03. The first-order valence-corrected chi connectivity index (χ1v) is 6.03. The molecule has 19 heavy (non-hydrogen) atoms. The normalized spacial score (nSPS) is 11.4. The maximum absolute atomic E-state index is 12.2. The largest absolute Gasteiger partial charge is 0.384 e. The topological polar surface area (TPSA) is 67.2 Å². The summed E-state index contributed by atoms with van der Waals surface area (Å²) in [6, 6.07) is 8.71. The molecule has 2 heterocycles. The molecule has 0 fully saturated rings.